The molecule has 0 radical (unpaired) electrons. The van der Waals surface area contributed by atoms with Crippen LogP contribution >= 0.6 is 0 Å². The van der Waals surface area contributed by atoms with E-state index in [0.29, 0.717) is 30.1 Å². The topological polar surface area (TPSA) is 65.5 Å². The summed E-state index contributed by atoms with van der Waals surface area (Å²) in [4.78, 5) is 27.2. The Balaban J connectivity index is 1.47. The third-order valence-corrected chi connectivity index (χ3v) is 4.19. The number of esters is 1. The second-order valence-electron chi connectivity index (χ2n) is 6.40. The number of para-hydroxylation sites is 1. The lowest BCUT2D eigenvalue weighted by Crippen LogP contribution is -2.06. The van der Waals surface area contributed by atoms with Gasteiger partial charge in [0.05, 0.1) is 24.3 Å². The van der Waals surface area contributed by atoms with Crippen molar-refractivity contribution < 1.29 is 19.1 Å². The Labute approximate surface area is 160 Å². The summed E-state index contributed by atoms with van der Waals surface area (Å²) in [6.45, 7) is 2.61. The van der Waals surface area contributed by atoms with Gasteiger partial charge in [0.1, 0.15) is 5.75 Å². The third kappa shape index (κ3) is 7.60. The number of pyridine rings is 1. The summed E-state index contributed by atoms with van der Waals surface area (Å²) in [6.07, 6.45) is 9.31. The van der Waals surface area contributed by atoms with Crippen molar-refractivity contribution in [1.82, 2.24) is 4.98 Å². The van der Waals surface area contributed by atoms with E-state index in [1.54, 1.807) is 31.3 Å². The minimum Gasteiger partial charge on any atom is -0.493 e. The molecule has 5 nitrogen and oxygen atoms in total. The Bertz CT molecular complexity index is 715. The van der Waals surface area contributed by atoms with E-state index in [2.05, 4.69) is 4.98 Å². The number of nitrogens with zero attached hydrogens (tertiary/aromatic N) is 1. The molecule has 27 heavy (non-hydrogen) atoms. The molecule has 0 atom stereocenters. The Kier molecular flexibility index (Phi) is 9.04. The van der Waals surface area contributed by atoms with Gasteiger partial charge in [-0.05, 0) is 44.0 Å². The normalized spacial score (nSPS) is 10.4. The summed E-state index contributed by atoms with van der Waals surface area (Å²) in [6, 6.07) is 10.8. The van der Waals surface area contributed by atoms with Crippen LogP contribution in [0.15, 0.2) is 48.8 Å². The maximum atomic E-state index is 11.7. The average Bonchev–Trinajstić information content (AvgIpc) is 2.70. The number of Topliss-reactive ketones (excluding diaryl/α,β-unsaturated/α-hetero) is 1. The van der Waals surface area contributed by atoms with E-state index in [4.69, 9.17) is 9.47 Å². The molecule has 2 aromatic rings. The molecule has 0 aliphatic carbocycles. The van der Waals surface area contributed by atoms with E-state index in [0.717, 1.165) is 38.5 Å². The lowest BCUT2D eigenvalue weighted by molar-refractivity contribution is 0.0497. The number of carbonyl (C=O) groups excluding carboxylic acids is 2. The molecular formula is C22H27NO4. The van der Waals surface area contributed by atoms with Gasteiger partial charge in [0.2, 0.25) is 0 Å². The fraction of sp³-hybridized carbons (Fsp3) is 0.409. The zero-order valence-electron chi connectivity index (χ0n) is 15.9. The van der Waals surface area contributed by atoms with Gasteiger partial charge in [-0.2, -0.15) is 0 Å². The van der Waals surface area contributed by atoms with Crippen LogP contribution in [0.2, 0.25) is 0 Å². The van der Waals surface area contributed by atoms with Crippen molar-refractivity contribution in [2.75, 3.05) is 13.2 Å². The summed E-state index contributed by atoms with van der Waals surface area (Å²) >= 11 is 0. The van der Waals surface area contributed by atoms with Gasteiger partial charge in [-0.15, -0.1) is 0 Å². The molecule has 1 aromatic heterocycles. The summed E-state index contributed by atoms with van der Waals surface area (Å²) in [5.41, 5.74) is 1.13. The van der Waals surface area contributed by atoms with E-state index >= 15 is 0 Å². The number of benzene rings is 1. The number of carbonyl (C=O) groups is 2. The van der Waals surface area contributed by atoms with Crippen LogP contribution in [-0.4, -0.2) is 30.0 Å². The van der Waals surface area contributed by atoms with Crippen LogP contribution in [0.5, 0.6) is 5.75 Å². The molecule has 0 fully saturated rings. The van der Waals surface area contributed by atoms with Gasteiger partial charge < -0.3 is 9.47 Å². The first kappa shape index (κ1) is 20.6. The van der Waals surface area contributed by atoms with Gasteiger partial charge in [-0.1, -0.05) is 37.8 Å². The van der Waals surface area contributed by atoms with Crippen LogP contribution in [-0.2, 0) is 4.74 Å². The average molecular weight is 369 g/mol. The SMILES string of the molecule is CC(=O)c1ccccc1OCCCCCCCCOC(=O)c1cccnc1. The highest BCUT2D eigenvalue weighted by Crippen LogP contribution is 2.19. The van der Waals surface area contributed by atoms with Crippen molar-refractivity contribution in [2.24, 2.45) is 0 Å². The highest BCUT2D eigenvalue weighted by molar-refractivity contribution is 5.96. The number of hydrogen-bond acceptors (Lipinski definition) is 5. The van der Waals surface area contributed by atoms with E-state index in [1.165, 1.54) is 6.20 Å². The summed E-state index contributed by atoms with van der Waals surface area (Å²) in [5, 5.41) is 0. The van der Waals surface area contributed by atoms with E-state index < -0.39 is 0 Å². The smallest absolute Gasteiger partial charge is 0.339 e. The maximum Gasteiger partial charge on any atom is 0.339 e. The lowest BCUT2D eigenvalue weighted by Gasteiger charge is -2.09. The molecule has 0 saturated heterocycles. The molecule has 144 valence electrons. The highest BCUT2D eigenvalue weighted by atomic mass is 16.5. The predicted octanol–water partition coefficient (Wildman–Crippen LogP) is 4.86. The minimum atomic E-state index is -0.314. The fourth-order valence-electron chi connectivity index (χ4n) is 2.71. The molecule has 0 N–H and O–H groups in total. The molecule has 1 aromatic carbocycles. The second kappa shape index (κ2) is 11.8. The standard InChI is InChI=1S/C22H27NO4/c1-18(24)20-12-6-7-13-21(20)26-15-8-4-2-3-5-9-16-27-22(25)19-11-10-14-23-17-19/h6-7,10-14,17H,2-5,8-9,15-16H2,1H3. The summed E-state index contributed by atoms with van der Waals surface area (Å²) in [7, 11) is 0. The van der Waals surface area contributed by atoms with Crippen LogP contribution in [0.3, 0.4) is 0 Å². The zero-order valence-corrected chi connectivity index (χ0v) is 15.9. The van der Waals surface area contributed by atoms with Gasteiger partial charge in [0.25, 0.3) is 0 Å². The summed E-state index contributed by atoms with van der Waals surface area (Å²) < 4.78 is 11.0. The van der Waals surface area contributed by atoms with Crippen molar-refractivity contribution in [3.8, 4) is 5.75 Å². The van der Waals surface area contributed by atoms with Gasteiger partial charge in [-0.3, -0.25) is 9.78 Å². The van der Waals surface area contributed by atoms with Crippen LogP contribution < -0.4 is 4.74 Å². The zero-order chi connectivity index (χ0) is 19.3. The van der Waals surface area contributed by atoms with Crippen LogP contribution in [0, 0.1) is 0 Å². The third-order valence-electron chi connectivity index (χ3n) is 4.19. The predicted molar refractivity (Wildman–Crippen MR) is 104 cm³/mol. The van der Waals surface area contributed by atoms with Gasteiger partial charge >= 0.3 is 5.97 Å². The first-order valence-corrected chi connectivity index (χ1v) is 9.48. The van der Waals surface area contributed by atoms with Crippen molar-refractivity contribution >= 4 is 11.8 Å². The molecule has 2 rings (SSSR count). The second-order valence-corrected chi connectivity index (χ2v) is 6.40. The van der Waals surface area contributed by atoms with Gasteiger partial charge in [0, 0.05) is 12.4 Å². The Morgan fingerprint density at radius 3 is 2.30 bits per heavy atom. The first-order chi connectivity index (χ1) is 13.2. The molecule has 0 unspecified atom stereocenters. The van der Waals surface area contributed by atoms with Gasteiger partial charge in [-0.25, -0.2) is 4.79 Å². The number of hydrogen-bond donors (Lipinski definition) is 0. The Morgan fingerprint density at radius 1 is 0.889 bits per heavy atom. The highest BCUT2D eigenvalue weighted by Gasteiger charge is 2.07. The van der Waals surface area contributed by atoms with E-state index in [-0.39, 0.29) is 11.8 Å². The first-order valence-electron chi connectivity index (χ1n) is 9.48. The van der Waals surface area contributed by atoms with Crippen molar-refractivity contribution in [1.29, 1.82) is 0 Å². The number of rotatable bonds is 12. The minimum absolute atomic E-state index is 0.0230. The monoisotopic (exact) mass is 369 g/mol. The molecule has 0 aliphatic rings. The van der Waals surface area contributed by atoms with Crippen LogP contribution in [0.4, 0.5) is 0 Å². The molecule has 0 spiro atoms. The number of ether oxygens (including phenoxy) is 2. The van der Waals surface area contributed by atoms with E-state index in [9.17, 15) is 9.59 Å². The van der Waals surface area contributed by atoms with Crippen molar-refractivity contribution in [3.63, 3.8) is 0 Å². The largest absolute Gasteiger partial charge is 0.493 e. The van der Waals surface area contributed by atoms with Crippen molar-refractivity contribution in [3.05, 3.63) is 59.9 Å². The van der Waals surface area contributed by atoms with Crippen LogP contribution in [0.1, 0.15) is 66.2 Å². The fourth-order valence-corrected chi connectivity index (χ4v) is 2.71. The quantitative estimate of drug-likeness (QED) is 0.304. The number of aromatic nitrogens is 1. The van der Waals surface area contributed by atoms with E-state index in [1.807, 2.05) is 18.2 Å². The molecule has 0 aliphatic heterocycles. The van der Waals surface area contributed by atoms with Crippen molar-refractivity contribution in [2.45, 2.75) is 45.4 Å². The Morgan fingerprint density at radius 2 is 1.59 bits per heavy atom. The molecule has 0 bridgehead atoms. The number of unbranched alkanes of at least 4 members (excludes halogenated alkanes) is 5. The lowest BCUT2D eigenvalue weighted by atomic mass is 10.1. The maximum absolute atomic E-state index is 11.7. The summed E-state index contributed by atoms with van der Waals surface area (Å²) in [5.74, 6) is 0.376. The van der Waals surface area contributed by atoms with Gasteiger partial charge in [0.15, 0.2) is 5.78 Å². The molecule has 1 heterocycles. The Hall–Kier alpha value is -2.69. The number of ketones is 1. The van der Waals surface area contributed by atoms with Crippen LogP contribution in [0.25, 0.3) is 0 Å². The molecule has 0 saturated carbocycles. The molecular weight excluding hydrogens is 342 g/mol. The molecule has 5 heteroatoms. The molecule has 0 amide bonds.